The van der Waals surface area contributed by atoms with Gasteiger partial charge in [0.15, 0.2) is 0 Å². The van der Waals surface area contributed by atoms with E-state index in [4.69, 9.17) is 4.74 Å². The van der Waals surface area contributed by atoms with Gasteiger partial charge in [-0.1, -0.05) is 30.3 Å². The lowest BCUT2D eigenvalue weighted by atomic mass is 10.1. The summed E-state index contributed by atoms with van der Waals surface area (Å²) in [6.45, 7) is 0. The Labute approximate surface area is 160 Å². The molecule has 1 N–H and O–H groups in total. The zero-order valence-corrected chi connectivity index (χ0v) is 15.5. The molecule has 0 aliphatic carbocycles. The number of hydrogen-bond donors (Lipinski definition) is 1. The first-order valence-corrected chi connectivity index (χ1v) is 9.28. The molecule has 5 nitrogen and oxygen atoms in total. The number of amides is 1. The summed E-state index contributed by atoms with van der Waals surface area (Å²) in [5, 5.41) is 3.74. The number of ether oxygens (including phenoxy) is 1. The van der Waals surface area contributed by atoms with Crippen molar-refractivity contribution in [3.8, 4) is 16.3 Å². The summed E-state index contributed by atoms with van der Waals surface area (Å²) in [6.07, 6.45) is 1.96. The highest BCUT2D eigenvalue weighted by molar-refractivity contribution is 7.21. The second kappa shape index (κ2) is 7.55. The van der Waals surface area contributed by atoms with Crippen molar-refractivity contribution >= 4 is 33.3 Å². The van der Waals surface area contributed by atoms with E-state index >= 15 is 0 Å². The molecular weight excluding hydrogens is 358 g/mol. The molecule has 134 valence electrons. The van der Waals surface area contributed by atoms with Gasteiger partial charge in [-0.15, -0.1) is 11.3 Å². The van der Waals surface area contributed by atoms with Crippen LogP contribution in [0.25, 0.3) is 20.8 Å². The van der Waals surface area contributed by atoms with Crippen molar-refractivity contribution in [1.82, 2.24) is 9.97 Å². The monoisotopic (exact) mass is 375 g/mol. The quantitative estimate of drug-likeness (QED) is 0.556. The van der Waals surface area contributed by atoms with Crippen molar-refractivity contribution in [2.45, 2.75) is 6.42 Å². The van der Waals surface area contributed by atoms with Gasteiger partial charge in [-0.25, -0.2) is 9.97 Å². The van der Waals surface area contributed by atoms with Crippen LogP contribution in [0.5, 0.6) is 5.75 Å². The van der Waals surface area contributed by atoms with Gasteiger partial charge in [-0.3, -0.25) is 4.79 Å². The van der Waals surface area contributed by atoms with E-state index in [2.05, 4.69) is 21.4 Å². The van der Waals surface area contributed by atoms with Gasteiger partial charge in [-0.2, -0.15) is 0 Å². The number of anilines is 1. The van der Waals surface area contributed by atoms with Gasteiger partial charge < -0.3 is 10.1 Å². The average molecular weight is 375 g/mol. The molecule has 2 aromatic heterocycles. The van der Waals surface area contributed by atoms with E-state index in [0.717, 1.165) is 26.4 Å². The van der Waals surface area contributed by atoms with Crippen LogP contribution < -0.4 is 10.1 Å². The summed E-state index contributed by atoms with van der Waals surface area (Å²) in [5.41, 5.74) is 2.74. The SMILES string of the molecule is COc1ccccc1CC(=O)Nc1ccc(-c2nc3ccccc3s2)cn1. The lowest BCUT2D eigenvalue weighted by Gasteiger charge is -2.08. The minimum Gasteiger partial charge on any atom is -0.496 e. The minimum atomic E-state index is -0.139. The summed E-state index contributed by atoms with van der Waals surface area (Å²) in [6, 6.07) is 19.2. The Bertz CT molecular complexity index is 1060. The maximum absolute atomic E-state index is 12.3. The molecule has 0 bridgehead atoms. The first-order valence-electron chi connectivity index (χ1n) is 8.46. The second-order valence-corrected chi connectivity index (χ2v) is 6.99. The van der Waals surface area contributed by atoms with E-state index in [9.17, 15) is 4.79 Å². The predicted octanol–water partition coefficient (Wildman–Crippen LogP) is 4.55. The lowest BCUT2D eigenvalue weighted by Crippen LogP contribution is -2.15. The first-order chi connectivity index (χ1) is 13.2. The fourth-order valence-electron chi connectivity index (χ4n) is 2.80. The van der Waals surface area contributed by atoms with Crippen molar-refractivity contribution < 1.29 is 9.53 Å². The van der Waals surface area contributed by atoms with Gasteiger partial charge in [0.25, 0.3) is 0 Å². The number of carbonyl (C=O) groups excluding carboxylic acids is 1. The molecule has 0 unspecified atom stereocenters. The Morgan fingerprint density at radius 3 is 2.67 bits per heavy atom. The zero-order valence-electron chi connectivity index (χ0n) is 14.7. The summed E-state index contributed by atoms with van der Waals surface area (Å²) < 4.78 is 6.43. The number of nitrogens with one attached hydrogen (secondary N) is 1. The molecule has 0 spiro atoms. The van der Waals surface area contributed by atoms with E-state index in [1.54, 1.807) is 30.7 Å². The van der Waals surface area contributed by atoms with Crippen LogP contribution in [0.4, 0.5) is 5.82 Å². The number of fused-ring (bicyclic) bond motifs is 1. The largest absolute Gasteiger partial charge is 0.496 e. The molecular formula is C21H17N3O2S. The number of nitrogens with zero attached hydrogens (tertiary/aromatic N) is 2. The van der Waals surface area contributed by atoms with Gasteiger partial charge in [-0.05, 0) is 30.3 Å². The topological polar surface area (TPSA) is 64.1 Å². The van der Waals surface area contributed by atoms with Crippen LogP contribution in [0.2, 0.25) is 0 Å². The van der Waals surface area contributed by atoms with Crippen molar-refractivity contribution in [2.24, 2.45) is 0 Å². The standard InChI is InChI=1S/C21H17N3O2S/c1-26-17-8-4-2-6-14(17)12-20(25)24-19-11-10-15(13-22-19)21-23-16-7-3-5-9-18(16)27-21/h2-11,13H,12H2,1H3,(H,22,24,25). The minimum absolute atomic E-state index is 0.139. The fraction of sp³-hybridized carbons (Fsp3) is 0.0952. The molecule has 0 saturated carbocycles. The summed E-state index contributed by atoms with van der Waals surface area (Å²) in [4.78, 5) is 21.3. The third-order valence-electron chi connectivity index (χ3n) is 4.12. The molecule has 0 fully saturated rings. The Balaban J connectivity index is 1.46. The fourth-order valence-corrected chi connectivity index (χ4v) is 3.75. The molecule has 0 saturated heterocycles. The van der Waals surface area contributed by atoms with Crippen molar-refractivity contribution in [3.63, 3.8) is 0 Å². The summed E-state index contributed by atoms with van der Waals surface area (Å²) >= 11 is 1.62. The molecule has 4 rings (SSSR count). The molecule has 2 heterocycles. The maximum atomic E-state index is 12.3. The number of benzene rings is 2. The smallest absolute Gasteiger partial charge is 0.230 e. The van der Waals surface area contributed by atoms with E-state index in [1.165, 1.54) is 0 Å². The highest BCUT2D eigenvalue weighted by Gasteiger charge is 2.10. The van der Waals surface area contributed by atoms with Crippen LogP contribution in [0.15, 0.2) is 66.9 Å². The van der Waals surface area contributed by atoms with Gasteiger partial charge in [0.2, 0.25) is 5.91 Å². The molecule has 0 aliphatic rings. The van der Waals surface area contributed by atoms with Gasteiger partial charge in [0, 0.05) is 17.3 Å². The van der Waals surface area contributed by atoms with E-state index < -0.39 is 0 Å². The van der Waals surface area contributed by atoms with E-state index in [1.807, 2.05) is 48.5 Å². The van der Waals surface area contributed by atoms with Crippen LogP contribution in [-0.2, 0) is 11.2 Å². The van der Waals surface area contributed by atoms with Crippen LogP contribution in [0.1, 0.15) is 5.56 Å². The van der Waals surface area contributed by atoms with Crippen molar-refractivity contribution in [3.05, 3.63) is 72.4 Å². The molecule has 0 radical (unpaired) electrons. The number of rotatable bonds is 5. The average Bonchev–Trinajstić information content (AvgIpc) is 3.13. The molecule has 6 heteroatoms. The van der Waals surface area contributed by atoms with Crippen LogP contribution in [0, 0.1) is 0 Å². The van der Waals surface area contributed by atoms with Gasteiger partial charge >= 0.3 is 0 Å². The third kappa shape index (κ3) is 3.80. The maximum Gasteiger partial charge on any atom is 0.230 e. The highest BCUT2D eigenvalue weighted by Crippen LogP contribution is 2.29. The highest BCUT2D eigenvalue weighted by atomic mass is 32.1. The Kier molecular flexibility index (Phi) is 4.80. The van der Waals surface area contributed by atoms with Crippen molar-refractivity contribution in [2.75, 3.05) is 12.4 Å². The van der Waals surface area contributed by atoms with Crippen LogP contribution in [0.3, 0.4) is 0 Å². The molecule has 1 amide bonds. The van der Waals surface area contributed by atoms with Gasteiger partial charge in [0.05, 0.1) is 23.7 Å². The Morgan fingerprint density at radius 1 is 1.07 bits per heavy atom. The summed E-state index contributed by atoms with van der Waals surface area (Å²) in [7, 11) is 1.60. The van der Waals surface area contributed by atoms with Crippen LogP contribution in [-0.4, -0.2) is 23.0 Å². The zero-order chi connectivity index (χ0) is 18.6. The van der Waals surface area contributed by atoms with Gasteiger partial charge in [0.1, 0.15) is 16.6 Å². The number of aromatic nitrogens is 2. The van der Waals surface area contributed by atoms with E-state index in [0.29, 0.717) is 11.6 Å². The molecule has 27 heavy (non-hydrogen) atoms. The number of para-hydroxylation sites is 2. The predicted molar refractivity (Wildman–Crippen MR) is 108 cm³/mol. The number of hydrogen-bond acceptors (Lipinski definition) is 5. The lowest BCUT2D eigenvalue weighted by molar-refractivity contribution is -0.115. The van der Waals surface area contributed by atoms with E-state index in [-0.39, 0.29) is 12.3 Å². The molecule has 0 aliphatic heterocycles. The molecule has 0 atom stereocenters. The number of pyridine rings is 1. The summed E-state index contributed by atoms with van der Waals surface area (Å²) in [5.74, 6) is 1.08. The Hall–Kier alpha value is -3.25. The van der Waals surface area contributed by atoms with Crippen molar-refractivity contribution in [1.29, 1.82) is 0 Å². The molecule has 2 aromatic carbocycles. The van der Waals surface area contributed by atoms with Crippen LogP contribution >= 0.6 is 11.3 Å². The number of thiazole rings is 1. The normalized spacial score (nSPS) is 10.7. The third-order valence-corrected chi connectivity index (χ3v) is 5.20. The number of methoxy groups -OCH3 is 1. The number of carbonyl (C=O) groups is 1. The molecule has 4 aromatic rings. The second-order valence-electron chi connectivity index (χ2n) is 5.96. The first kappa shape index (κ1) is 17.2. The Morgan fingerprint density at radius 2 is 1.89 bits per heavy atom.